The van der Waals surface area contributed by atoms with E-state index in [1.54, 1.807) is 6.92 Å². The second kappa shape index (κ2) is 2.97. The Hall–Kier alpha value is -1.06. The van der Waals surface area contributed by atoms with E-state index in [-0.39, 0.29) is 21.2 Å². The van der Waals surface area contributed by atoms with Crippen LogP contribution in [0.3, 0.4) is 0 Å². The Morgan fingerprint density at radius 2 is 1.71 bits per heavy atom. The topological polar surface area (TPSA) is 43.4 Å². The molecule has 14 heavy (non-hydrogen) atoms. The molecule has 0 amide bonds. The quantitative estimate of drug-likeness (QED) is 0.509. The third-order valence-electron chi connectivity index (χ3n) is 1.99. The van der Waals surface area contributed by atoms with Crippen LogP contribution < -0.4 is 0 Å². The van der Waals surface area contributed by atoms with Gasteiger partial charge in [0.2, 0.25) is 0 Å². The fourth-order valence-corrected chi connectivity index (χ4v) is 1.89. The third-order valence-corrected chi connectivity index (χ3v) is 2.78. The summed E-state index contributed by atoms with van der Waals surface area (Å²) in [6.07, 6.45) is 0. The molecule has 0 unspecified atom stereocenters. The maximum Gasteiger partial charge on any atom is 0.348 e. The molecule has 3 nitrogen and oxygen atoms in total. The third kappa shape index (κ3) is 1.13. The summed E-state index contributed by atoms with van der Waals surface area (Å²) in [4.78, 5) is 22.4. The number of benzene rings is 1. The molecule has 1 aliphatic rings. The molecule has 0 radical (unpaired) electrons. The Morgan fingerprint density at radius 1 is 1.14 bits per heavy atom. The fraction of sp³-hybridized carbons (Fsp3) is 0.111. The van der Waals surface area contributed by atoms with Crippen LogP contribution in [0.2, 0.25) is 10.0 Å². The molecule has 0 saturated carbocycles. The number of halogens is 2. The van der Waals surface area contributed by atoms with Gasteiger partial charge in [-0.25, -0.2) is 9.59 Å². The van der Waals surface area contributed by atoms with Gasteiger partial charge in [-0.1, -0.05) is 23.2 Å². The van der Waals surface area contributed by atoms with Gasteiger partial charge in [-0.15, -0.1) is 0 Å². The molecule has 0 aromatic heterocycles. The van der Waals surface area contributed by atoms with Crippen LogP contribution in [-0.2, 0) is 4.74 Å². The SMILES string of the molecule is Cc1cc(Cl)c2c(c1Cl)C(=O)OC2=O. The molecular formula is C9H4Cl2O3. The zero-order valence-electron chi connectivity index (χ0n) is 7.06. The highest BCUT2D eigenvalue weighted by molar-refractivity contribution is 6.40. The number of hydrogen-bond acceptors (Lipinski definition) is 3. The molecule has 0 fully saturated rings. The van der Waals surface area contributed by atoms with Gasteiger partial charge in [-0.05, 0) is 18.6 Å². The van der Waals surface area contributed by atoms with Gasteiger partial charge < -0.3 is 4.74 Å². The first kappa shape index (κ1) is 9.49. The van der Waals surface area contributed by atoms with E-state index < -0.39 is 11.9 Å². The Labute approximate surface area is 89.6 Å². The average molecular weight is 231 g/mol. The number of rotatable bonds is 0. The highest BCUT2D eigenvalue weighted by Crippen LogP contribution is 2.35. The summed E-state index contributed by atoms with van der Waals surface area (Å²) in [7, 11) is 0. The summed E-state index contributed by atoms with van der Waals surface area (Å²) in [5.41, 5.74) is 0.774. The van der Waals surface area contributed by atoms with Crippen LogP contribution in [0.15, 0.2) is 6.07 Å². The van der Waals surface area contributed by atoms with Crippen molar-refractivity contribution in [3.05, 3.63) is 32.8 Å². The van der Waals surface area contributed by atoms with Gasteiger partial charge in [0.1, 0.15) is 0 Å². The van der Waals surface area contributed by atoms with E-state index in [2.05, 4.69) is 4.74 Å². The lowest BCUT2D eigenvalue weighted by Crippen LogP contribution is -1.97. The zero-order chi connectivity index (χ0) is 10.5. The van der Waals surface area contributed by atoms with Gasteiger partial charge in [0.15, 0.2) is 0 Å². The Morgan fingerprint density at radius 3 is 2.36 bits per heavy atom. The first-order valence-corrected chi connectivity index (χ1v) is 4.53. The van der Waals surface area contributed by atoms with E-state index in [0.717, 1.165) is 0 Å². The molecule has 1 heterocycles. The van der Waals surface area contributed by atoms with Crippen molar-refractivity contribution in [3.8, 4) is 0 Å². The summed E-state index contributed by atoms with van der Waals surface area (Å²) < 4.78 is 4.40. The maximum absolute atomic E-state index is 11.2. The molecule has 0 spiro atoms. The minimum absolute atomic E-state index is 0.0623. The van der Waals surface area contributed by atoms with E-state index in [9.17, 15) is 9.59 Å². The van der Waals surface area contributed by atoms with E-state index in [1.165, 1.54) is 6.07 Å². The zero-order valence-corrected chi connectivity index (χ0v) is 8.57. The second-order valence-corrected chi connectivity index (χ2v) is 3.70. The minimum Gasteiger partial charge on any atom is -0.386 e. The molecule has 1 aliphatic heterocycles. The standard InChI is InChI=1S/C9H4Cl2O3/c1-3-2-4(10)5-6(7(3)11)9(13)14-8(5)12/h2H,1H3. The lowest BCUT2D eigenvalue weighted by molar-refractivity contribution is 0.0444. The van der Waals surface area contributed by atoms with Crippen molar-refractivity contribution in [1.82, 2.24) is 0 Å². The van der Waals surface area contributed by atoms with Crippen LogP contribution in [0.1, 0.15) is 26.3 Å². The number of fused-ring (bicyclic) bond motifs is 1. The van der Waals surface area contributed by atoms with Gasteiger partial charge in [0.25, 0.3) is 0 Å². The van der Waals surface area contributed by atoms with Crippen molar-refractivity contribution in [1.29, 1.82) is 0 Å². The van der Waals surface area contributed by atoms with Gasteiger partial charge in [-0.3, -0.25) is 0 Å². The first-order chi connectivity index (χ1) is 6.52. The van der Waals surface area contributed by atoms with Gasteiger partial charge in [0, 0.05) is 0 Å². The Balaban J connectivity index is 2.86. The van der Waals surface area contributed by atoms with Crippen LogP contribution in [0, 0.1) is 6.92 Å². The molecule has 0 bridgehead atoms. The Kier molecular flexibility index (Phi) is 2.01. The number of aryl methyl sites for hydroxylation is 1. The van der Waals surface area contributed by atoms with Crippen molar-refractivity contribution in [2.75, 3.05) is 0 Å². The summed E-state index contributed by atoms with van der Waals surface area (Å²) in [5, 5.41) is 0.415. The van der Waals surface area contributed by atoms with Crippen LogP contribution >= 0.6 is 23.2 Å². The molecule has 0 aliphatic carbocycles. The fourth-order valence-electron chi connectivity index (χ4n) is 1.33. The summed E-state index contributed by atoms with van der Waals surface area (Å²) in [6.45, 7) is 1.70. The van der Waals surface area contributed by atoms with Crippen LogP contribution in [-0.4, -0.2) is 11.9 Å². The van der Waals surface area contributed by atoms with E-state index >= 15 is 0 Å². The molecule has 1 aromatic carbocycles. The number of hydrogen-bond donors (Lipinski definition) is 0. The van der Waals surface area contributed by atoms with E-state index in [4.69, 9.17) is 23.2 Å². The largest absolute Gasteiger partial charge is 0.386 e. The van der Waals surface area contributed by atoms with E-state index in [1.807, 2.05) is 0 Å². The summed E-state index contributed by atoms with van der Waals surface area (Å²) in [5.74, 6) is -1.47. The molecule has 0 atom stereocenters. The molecule has 0 saturated heterocycles. The normalized spacial score (nSPS) is 14.2. The molecule has 0 N–H and O–H groups in total. The van der Waals surface area contributed by atoms with E-state index in [0.29, 0.717) is 5.56 Å². The molecule has 2 rings (SSSR count). The number of cyclic esters (lactones) is 2. The van der Waals surface area contributed by atoms with Crippen LogP contribution in [0.25, 0.3) is 0 Å². The monoisotopic (exact) mass is 230 g/mol. The molecular weight excluding hydrogens is 227 g/mol. The van der Waals surface area contributed by atoms with Crippen molar-refractivity contribution in [3.63, 3.8) is 0 Å². The molecule has 1 aromatic rings. The molecule has 5 heteroatoms. The number of carbonyl (C=O) groups is 2. The maximum atomic E-state index is 11.2. The van der Waals surface area contributed by atoms with Crippen molar-refractivity contribution < 1.29 is 14.3 Å². The van der Waals surface area contributed by atoms with Crippen LogP contribution in [0.4, 0.5) is 0 Å². The Bertz CT molecular complexity index is 466. The highest BCUT2D eigenvalue weighted by atomic mass is 35.5. The minimum atomic E-state index is -0.739. The van der Waals surface area contributed by atoms with Crippen molar-refractivity contribution in [2.45, 2.75) is 6.92 Å². The van der Waals surface area contributed by atoms with Crippen molar-refractivity contribution in [2.24, 2.45) is 0 Å². The van der Waals surface area contributed by atoms with Gasteiger partial charge in [0.05, 0.1) is 21.2 Å². The lowest BCUT2D eigenvalue weighted by Gasteiger charge is -2.02. The predicted molar refractivity (Wildman–Crippen MR) is 50.9 cm³/mol. The number of ether oxygens (including phenoxy) is 1. The summed E-state index contributed by atoms with van der Waals surface area (Å²) in [6, 6.07) is 1.53. The van der Waals surface area contributed by atoms with Gasteiger partial charge >= 0.3 is 11.9 Å². The number of carbonyl (C=O) groups excluding carboxylic acids is 2. The average Bonchev–Trinajstić information content (AvgIpc) is 2.38. The van der Waals surface area contributed by atoms with Crippen LogP contribution in [0.5, 0.6) is 0 Å². The predicted octanol–water partition coefficient (Wildman–Crippen LogP) is 2.61. The number of esters is 2. The second-order valence-electron chi connectivity index (χ2n) is 2.92. The first-order valence-electron chi connectivity index (χ1n) is 3.77. The summed E-state index contributed by atoms with van der Waals surface area (Å²) >= 11 is 11.7. The lowest BCUT2D eigenvalue weighted by atomic mass is 10.1. The van der Waals surface area contributed by atoms with Crippen molar-refractivity contribution >= 4 is 35.1 Å². The highest BCUT2D eigenvalue weighted by Gasteiger charge is 2.35. The molecule has 72 valence electrons. The van der Waals surface area contributed by atoms with Gasteiger partial charge in [-0.2, -0.15) is 0 Å². The smallest absolute Gasteiger partial charge is 0.348 e.